The zero-order chi connectivity index (χ0) is 91.8. The number of aromatic nitrogens is 10. The lowest BCUT2D eigenvalue weighted by Crippen LogP contribution is -2.01. The summed E-state index contributed by atoms with van der Waals surface area (Å²) in [6, 6.07) is 176. The minimum atomic E-state index is 0.647. The number of nitrogens with zero attached hydrogens (tertiary/aromatic N) is 10. The van der Waals surface area contributed by atoms with Crippen molar-refractivity contribution in [2.24, 2.45) is 0 Å². The first-order valence-corrected chi connectivity index (χ1v) is 47.1. The van der Waals surface area contributed by atoms with Crippen LogP contribution in [0.25, 0.3) is 260 Å². The molecule has 10 nitrogen and oxygen atoms in total. The Morgan fingerprint density at radius 3 is 0.727 bits per heavy atom. The monoisotopic (exact) mass is 1770 g/mol. The van der Waals surface area contributed by atoms with Crippen LogP contribution in [0.2, 0.25) is 0 Å². The summed E-state index contributed by atoms with van der Waals surface area (Å²) < 4.78 is 7.25. The van der Waals surface area contributed by atoms with Gasteiger partial charge in [-0.2, -0.15) is 0 Å². The van der Waals surface area contributed by atoms with E-state index in [-0.39, 0.29) is 0 Å². The third-order valence-electron chi connectivity index (χ3n) is 27.2. The quantitative estimate of drug-likeness (QED) is 0.120. The second kappa shape index (κ2) is 34.4. The van der Waals surface area contributed by atoms with Gasteiger partial charge in [0.25, 0.3) is 0 Å². The molecule has 0 unspecified atom stereocenters. The van der Waals surface area contributed by atoms with Gasteiger partial charge in [-0.1, -0.05) is 400 Å². The first-order valence-electron chi connectivity index (χ1n) is 47.1. The van der Waals surface area contributed by atoms with Gasteiger partial charge < -0.3 is 13.7 Å². The van der Waals surface area contributed by atoms with E-state index in [9.17, 15) is 0 Å². The highest BCUT2D eigenvalue weighted by Crippen LogP contribution is 2.47. The average Bonchev–Trinajstić information content (AvgIpc) is 1.55. The second-order valence-corrected chi connectivity index (χ2v) is 35.3. The number of rotatable bonds is 12. The zero-order valence-electron chi connectivity index (χ0n) is 75.3. The lowest BCUT2D eigenvalue weighted by atomic mass is 9.99. The zero-order valence-corrected chi connectivity index (χ0v) is 75.3. The molecule has 10 heteroatoms. The Kier molecular flexibility index (Phi) is 20.0. The summed E-state index contributed by atoms with van der Waals surface area (Å²) in [5.74, 6) is 3.91. The van der Waals surface area contributed by atoms with Crippen molar-refractivity contribution in [2.75, 3.05) is 0 Å². The fourth-order valence-corrected chi connectivity index (χ4v) is 20.8. The molecule has 0 amide bonds. The van der Waals surface area contributed by atoms with E-state index in [1.54, 1.807) is 0 Å². The van der Waals surface area contributed by atoms with Gasteiger partial charge in [0.05, 0.1) is 50.2 Å². The lowest BCUT2D eigenvalue weighted by Gasteiger charge is -2.15. The summed E-state index contributed by atoms with van der Waals surface area (Å²) in [5.41, 5.74) is 22.7. The van der Waals surface area contributed by atoms with Crippen molar-refractivity contribution >= 4 is 141 Å². The van der Waals surface area contributed by atoms with E-state index >= 15 is 0 Å². The normalized spacial score (nSPS) is 11.6. The molecular weight excluding hydrogens is 1690 g/mol. The molecule has 648 valence electrons. The van der Waals surface area contributed by atoms with E-state index in [1.807, 2.05) is 133 Å². The molecule has 0 fully saturated rings. The predicted molar refractivity (Wildman–Crippen MR) is 578 cm³/mol. The number of hydrogen-bond donors (Lipinski definition) is 0. The van der Waals surface area contributed by atoms with Gasteiger partial charge in [0.2, 0.25) is 0 Å². The van der Waals surface area contributed by atoms with Crippen molar-refractivity contribution in [3.8, 4) is 119 Å². The van der Waals surface area contributed by atoms with Crippen LogP contribution in [0, 0.1) is 0 Å². The summed E-state index contributed by atoms with van der Waals surface area (Å²) in [6.45, 7) is 0. The van der Waals surface area contributed by atoms with Crippen LogP contribution in [0.15, 0.2) is 497 Å². The Balaban J connectivity index is 0.000000108. The Morgan fingerprint density at radius 2 is 0.396 bits per heavy atom. The van der Waals surface area contributed by atoms with E-state index in [0.29, 0.717) is 34.9 Å². The first-order chi connectivity index (χ1) is 68.9. The van der Waals surface area contributed by atoms with Crippen LogP contribution < -0.4 is 0 Å². The molecule has 0 N–H and O–H groups in total. The van der Waals surface area contributed by atoms with Gasteiger partial charge in [-0.25, -0.2) is 34.9 Å². The Hall–Kier alpha value is -18.8. The third-order valence-corrected chi connectivity index (χ3v) is 27.2. The molecule has 6 aromatic heterocycles. The van der Waals surface area contributed by atoms with Gasteiger partial charge in [0, 0.05) is 93.6 Å². The molecule has 0 radical (unpaired) electrons. The van der Waals surface area contributed by atoms with Crippen LogP contribution in [0.3, 0.4) is 0 Å². The topological polar surface area (TPSA) is 105 Å². The summed E-state index contributed by atoms with van der Waals surface area (Å²) in [4.78, 5) is 34.9. The van der Waals surface area contributed by atoms with Crippen molar-refractivity contribution in [1.82, 2.24) is 48.6 Å². The van der Waals surface area contributed by atoms with Gasteiger partial charge in [-0.15, -0.1) is 0 Å². The molecule has 0 atom stereocenters. The van der Waals surface area contributed by atoms with Gasteiger partial charge in [0.15, 0.2) is 34.9 Å². The largest absolute Gasteiger partial charge is 0.309 e. The minimum absolute atomic E-state index is 0.647. The highest BCUT2D eigenvalue weighted by molar-refractivity contribution is 6.32. The number of pyridine rings is 1. The Bertz CT molecular complexity index is 9230. The molecule has 22 aromatic carbocycles. The molecule has 0 spiro atoms. The molecule has 139 heavy (non-hydrogen) atoms. The Labute approximate surface area is 800 Å². The third kappa shape index (κ3) is 14.4. The van der Waals surface area contributed by atoms with Crippen molar-refractivity contribution in [1.29, 1.82) is 0 Å². The highest BCUT2D eigenvalue weighted by atomic mass is 15.1. The SMILES string of the molecule is c1ccc(-c2cc(-c3cccc(-n4c5ccc6ccccc6c5c5c6ccccc6ccc54)c3)cc(-c3ccccc3)n2)cc1.c1ccc(-c2nc(-c3ccccc3)nc(-c3ccc(-n4c5ccc6ccccc6c5c5c6ccccc6ccc54)c4ccccc34)n2)cc1.c1ccc(-c2nc(-c3ccccc3)nc(-c3ccc(-n4c5ccc6ccccc6c5c5c6ccccc6ccc54)cc3)n2)cc1. The van der Waals surface area contributed by atoms with Crippen molar-refractivity contribution in [3.05, 3.63) is 497 Å². The molecule has 0 saturated heterocycles. The molecule has 28 rings (SSSR count). The highest BCUT2D eigenvalue weighted by Gasteiger charge is 2.26. The van der Waals surface area contributed by atoms with E-state index in [1.165, 1.54) is 130 Å². The number of hydrogen-bond acceptors (Lipinski definition) is 7. The average molecular weight is 1770 g/mol. The maximum atomic E-state index is 5.11. The smallest absolute Gasteiger partial charge is 0.164 e. The van der Waals surface area contributed by atoms with E-state index < -0.39 is 0 Å². The van der Waals surface area contributed by atoms with E-state index in [4.69, 9.17) is 34.9 Å². The van der Waals surface area contributed by atoms with Gasteiger partial charge in [-0.3, -0.25) is 0 Å². The van der Waals surface area contributed by atoms with E-state index in [0.717, 1.165) is 94.9 Å². The van der Waals surface area contributed by atoms with Gasteiger partial charge in [0.1, 0.15) is 0 Å². The number of fused-ring (bicyclic) bond motifs is 22. The molecule has 0 aliphatic carbocycles. The van der Waals surface area contributed by atoms with Crippen LogP contribution in [0.1, 0.15) is 0 Å². The summed E-state index contributed by atoms with van der Waals surface area (Å²) in [6.07, 6.45) is 0. The molecular formula is C129H82N10. The molecule has 0 aliphatic heterocycles. The standard InChI is InChI=1S/C45H28N4.C43H28N2.C41H26N4/c1-3-15-31(16-4-1)43-46-44(32-17-5-2-6-18-32)48-45(47-43)37-25-28-38(36-22-12-11-21-35(36)37)49-39-26-23-29-13-7-9-19-33(29)41(39)42-34-20-10-8-14-30(34)24-27-40(42)49;1-3-14-31(15-4-1)38-27-34(28-39(44-38)32-16-5-2-6-17-32)33-18-11-19-35(26-33)45-40-24-22-29-12-7-9-20-36(29)42(40)43-37-21-10-8-13-30(37)23-25-41(43)45;1-3-13-29(14-4-1)39-42-40(30-15-5-2-6-16-30)44-41(43-39)31-19-23-32(24-20-31)45-35-25-21-27-11-7-9-17-33(27)37(35)38-34-18-10-8-12-28(34)22-26-36(38)45/h1-28H;1-28H;1-26H. The Morgan fingerprint density at radius 1 is 0.137 bits per heavy atom. The summed E-state index contributed by atoms with van der Waals surface area (Å²) in [7, 11) is 0. The maximum Gasteiger partial charge on any atom is 0.164 e. The number of benzene rings is 22. The van der Waals surface area contributed by atoms with E-state index in [2.05, 4.69) is 378 Å². The van der Waals surface area contributed by atoms with Crippen molar-refractivity contribution in [3.63, 3.8) is 0 Å². The fraction of sp³-hybridized carbons (Fsp3) is 0. The summed E-state index contributed by atoms with van der Waals surface area (Å²) in [5, 5.41) is 25.0. The first kappa shape index (κ1) is 81.0. The van der Waals surface area contributed by atoms with Crippen LogP contribution >= 0.6 is 0 Å². The van der Waals surface area contributed by atoms with Gasteiger partial charge in [-0.05, 0) is 178 Å². The van der Waals surface area contributed by atoms with Gasteiger partial charge >= 0.3 is 0 Å². The van der Waals surface area contributed by atoms with Crippen LogP contribution in [0.4, 0.5) is 0 Å². The fourth-order valence-electron chi connectivity index (χ4n) is 20.8. The maximum absolute atomic E-state index is 5.11. The van der Waals surface area contributed by atoms with Crippen LogP contribution in [-0.2, 0) is 0 Å². The van der Waals surface area contributed by atoms with Crippen molar-refractivity contribution in [2.45, 2.75) is 0 Å². The molecule has 0 bridgehead atoms. The van der Waals surface area contributed by atoms with Crippen LogP contribution in [-0.4, -0.2) is 48.6 Å². The molecule has 0 saturated carbocycles. The molecule has 6 heterocycles. The predicted octanol–water partition coefficient (Wildman–Crippen LogP) is 33.2. The molecule has 28 aromatic rings. The minimum Gasteiger partial charge on any atom is -0.309 e. The second-order valence-electron chi connectivity index (χ2n) is 35.3. The lowest BCUT2D eigenvalue weighted by molar-refractivity contribution is 1.07. The van der Waals surface area contributed by atoms with Crippen LogP contribution in [0.5, 0.6) is 0 Å². The van der Waals surface area contributed by atoms with Crippen molar-refractivity contribution < 1.29 is 0 Å². The molecule has 0 aliphatic rings. The summed E-state index contributed by atoms with van der Waals surface area (Å²) >= 11 is 0.